The van der Waals surface area contributed by atoms with Crippen LogP contribution in [0.4, 0.5) is 5.69 Å². The highest BCUT2D eigenvalue weighted by molar-refractivity contribution is 5.93. The second-order valence-corrected chi connectivity index (χ2v) is 6.26. The van der Waals surface area contributed by atoms with Crippen molar-refractivity contribution in [3.05, 3.63) is 64.7 Å². The quantitative estimate of drug-likeness (QED) is 0.848. The average molecular weight is 310 g/mol. The van der Waals surface area contributed by atoms with E-state index in [4.69, 9.17) is 0 Å². The van der Waals surface area contributed by atoms with Crippen molar-refractivity contribution in [1.29, 1.82) is 0 Å². The van der Waals surface area contributed by atoms with Crippen LogP contribution in [0.2, 0.25) is 0 Å². The molecule has 2 aromatic rings. The van der Waals surface area contributed by atoms with Crippen molar-refractivity contribution < 1.29 is 4.79 Å². The first-order chi connectivity index (χ1) is 11.0. The molecule has 0 bridgehead atoms. The Morgan fingerprint density at radius 1 is 1.04 bits per heavy atom. The van der Waals surface area contributed by atoms with Gasteiger partial charge in [-0.1, -0.05) is 55.0 Å². The number of benzene rings is 2. The van der Waals surface area contributed by atoms with Crippen LogP contribution >= 0.6 is 0 Å². The van der Waals surface area contributed by atoms with Crippen LogP contribution in [-0.2, 0) is 4.79 Å². The molecule has 0 spiro atoms. The number of aryl methyl sites for hydroxylation is 3. The molecule has 2 aromatic carbocycles. The molecular weight excluding hydrogens is 284 g/mol. The number of hydrogen-bond acceptors (Lipinski definition) is 2. The Morgan fingerprint density at radius 2 is 1.65 bits per heavy atom. The van der Waals surface area contributed by atoms with Gasteiger partial charge in [0.25, 0.3) is 0 Å². The summed E-state index contributed by atoms with van der Waals surface area (Å²) in [4.78, 5) is 12.1. The lowest BCUT2D eigenvalue weighted by Crippen LogP contribution is -2.31. The minimum atomic E-state index is 0.000291. The standard InChI is InChI=1S/C20H26N2O/c1-14-10-15(2)20(16(3)11-14)22-19(23)13-21-12-17(4)18-8-6-5-7-9-18/h5-11,17,21H,12-13H2,1-4H3,(H,22,23). The summed E-state index contributed by atoms with van der Waals surface area (Å²) >= 11 is 0. The summed E-state index contributed by atoms with van der Waals surface area (Å²) in [6.07, 6.45) is 0. The van der Waals surface area contributed by atoms with E-state index in [1.165, 1.54) is 11.1 Å². The topological polar surface area (TPSA) is 41.1 Å². The van der Waals surface area contributed by atoms with Crippen molar-refractivity contribution in [2.24, 2.45) is 0 Å². The van der Waals surface area contributed by atoms with Gasteiger partial charge in [0, 0.05) is 12.2 Å². The highest BCUT2D eigenvalue weighted by atomic mass is 16.1. The van der Waals surface area contributed by atoms with Gasteiger partial charge in [-0.2, -0.15) is 0 Å². The predicted molar refractivity (Wildman–Crippen MR) is 97.0 cm³/mol. The molecule has 3 nitrogen and oxygen atoms in total. The zero-order valence-electron chi connectivity index (χ0n) is 14.4. The lowest BCUT2D eigenvalue weighted by molar-refractivity contribution is -0.115. The van der Waals surface area contributed by atoms with Crippen LogP contribution in [0.15, 0.2) is 42.5 Å². The van der Waals surface area contributed by atoms with Crippen LogP contribution in [0.1, 0.15) is 35.1 Å². The smallest absolute Gasteiger partial charge is 0.238 e. The molecule has 0 aliphatic rings. The largest absolute Gasteiger partial charge is 0.324 e. The summed E-state index contributed by atoms with van der Waals surface area (Å²) in [7, 11) is 0. The molecule has 3 heteroatoms. The second-order valence-electron chi connectivity index (χ2n) is 6.26. The number of carbonyl (C=O) groups is 1. The lowest BCUT2D eigenvalue weighted by atomic mass is 10.0. The van der Waals surface area contributed by atoms with Gasteiger partial charge in [0.05, 0.1) is 6.54 Å². The van der Waals surface area contributed by atoms with Gasteiger partial charge in [0.1, 0.15) is 0 Å². The van der Waals surface area contributed by atoms with Gasteiger partial charge in [-0.15, -0.1) is 0 Å². The van der Waals surface area contributed by atoms with Gasteiger partial charge >= 0.3 is 0 Å². The molecular formula is C20H26N2O. The van der Waals surface area contributed by atoms with Crippen molar-refractivity contribution in [3.63, 3.8) is 0 Å². The molecule has 0 saturated heterocycles. The van der Waals surface area contributed by atoms with Crippen molar-refractivity contribution in [3.8, 4) is 0 Å². The van der Waals surface area contributed by atoms with E-state index in [0.717, 1.165) is 23.4 Å². The van der Waals surface area contributed by atoms with Gasteiger partial charge in [0.15, 0.2) is 0 Å². The van der Waals surface area contributed by atoms with Crippen LogP contribution in [0, 0.1) is 20.8 Å². The summed E-state index contributed by atoms with van der Waals surface area (Å²) in [6.45, 7) is 9.39. The number of hydrogen-bond donors (Lipinski definition) is 2. The van der Waals surface area contributed by atoms with E-state index < -0.39 is 0 Å². The minimum absolute atomic E-state index is 0.000291. The highest BCUT2D eigenvalue weighted by Gasteiger charge is 2.09. The van der Waals surface area contributed by atoms with E-state index in [9.17, 15) is 4.79 Å². The van der Waals surface area contributed by atoms with Crippen molar-refractivity contribution >= 4 is 11.6 Å². The van der Waals surface area contributed by atoms with Gasteiger partial charge in [-0.25, -0.2) is 0 Å². The Hall–Kier alpha value is -2.13. The first-order valence-corrected chi connectivity index (χ1v) is 8.10. The molecule has 1 amide bonds. The molecule has 23 heavy (non-hydrogen) atoms. The van der Waals surface area contributed by atoms with Gasteiger partial charge < -0.3 is 10.6 Å². The molecule has 0 heterocycles. The maximum absolute atomic E-state index is 12.1. The SMILES string of the molecule is Cc1cc(C)c(NC(=O)CNCC(C)c2ccccc2)c(C)c1. The summed E-state index contributed by atoms with van der Waals surface area (Å²) in [5.41, 5.74) is 5.64. The van der Waals surface area contributed by atoms with Crippen LogP contribution in [0.3, 0.4) is 0 Å². The summed E-state index contributed by atoms with van der Waals surface area (Å²) in [5, 5.41) is 6.26. The maximum atomic E-state index is 12.1. The zero-order chi connectivity index (χ0) is 16.8. The summed E-state index contributed by atoms with van der Waals surface area (Å²) < 4.78 is 0. The third kappa shape index (κ3) is 4.93. The number of nitrogens with one attached hydrogen (secondary N) is 2. The lowest BCUT2D eigenvalue weighted by Gasteiger charge is -2.15. The zero-order valence-corrected chi connectivity index (χ0v) is 14.4. The van der Waals surface area contributed by atoms with Crippen LogP contribution < -0.4 is 10.6 Å². The monoisotopic (exact) mass is 310 g/mol. The van der Waals surface area contributed by atoms with Crippen LogP contribution in [0.5, 0.6) is 0 Å². The highest BCUT2D eigenvalue weighted by Crippen LogP contribution is 2.21. The van der Waals surface area contributed by atoms with Crippen molar-refractivity contribution in [2.45, 2.75) is 33.6 Å². The fourth-order valence-corrected chi connectivity index (χ4v) is 2.86. The van der Waals surface area contributed by atoms with E-state index in [2.05, 4.69) is 48.7 Å². The van der Waals surface area contributed by atoms with Gasteiger partial charge in [-0.05, 0) is 43.4 Å². The average Bonchev–Trinajstić information content (AvgIpc) is 2.51. The molecule has 2 N–H and O–H groups in total. The Balaban J connectivity index is 1.84. The van der Waals surface area contributed by atoms with Gasteiger partial charge in [-0.3, -0.25) is 4.79 Å². The predicted octanol–water partition coefficient (Wildman–Crippen LogP) is 3.94. The fourth-order valence-electron chi connectivity index (χ4n) is 2.86. The van der Waals surface area contributed by atoms with E-state index in [1.54, 1.807) is 0 Å². The molecule has 0 saturated carbocycles. The molecule has 0 aromatic heterocycles. The third-order valence-corrected chi connectivity index (χ3v) is 4.05. The Kier molecular flexibility index (Phi) is 5.94. The van der Waals surface area contributed by atoms with Gasteiger partial charge in [0.2, 0.25) is 5.91 Å². The number of anilines is 1. The Morgan fingerprint density at radius 3 is 2.26 bits per heavy atom. The second kappa shape index (κ2) is 7.93. The Bertz CT molecular complexity index is 642. The van der Waals surface area contributed by atoms with Crippen LogP contribution in [-0.4, -0.2) is 19.0 Å². The molecule has 1 atom stereocenters. The molecule has 2 rings (SSSR count). The maximum Gasteiger partial charge on any atom is 0.238 e. The molecule has 1 unspecified atom stereocenters. The number of rotatable bonds is 6. The molecule has 0 radical (unpaired) electrons. The molecule has 0 aliphatic heterocycles. The first-order valence-electron chi connectivity index (χ1n) is 8.10. The first kappa shape index (κ1) is 17.2. The normalized spacial score (nSPS) is 12.0. The summed E-state index contributed by atoms with van der Waals surface area (Å²) in [6, 6.07) is 14.5. The molecule has 122 valence electrons. The number of amides is 1. The van der Waals surface area contributed by atoms with Crippen molar-refractivity contribution in [2.75, 3.05) is 18.4 Å². The number of carbonyl (C=O) groups excluding carboxylic acids is 1. The summed E-state index contributed by atoms with van der Waals surface area (Å²) in [5.74, 6) is 0.382. The van der Waals surface area contributed by atoms with E-state index in [-0.39, 0.29) is 5.91 Å². The minimum Gasteiger partial charge on any atom is -0.324 e. The molecule has 0 aliphatic carbocycles. The Labute approximate surface area is 139 Å². The third-order valence-electron chi connectivity index (χ3n) is 4.05. The van der Waals surface area contributed by atoms with E-state index >= 15 is 0 Å². The van der Waals surface area contributed by atoms with Crippen molar-refractivity contribution in [1.82, 2.24) is 5.32 Å². The van der Waals surface area contributed by atoms with E-state index in [1.807, 2.05) is 32.0 Å². The fraction of sp³-hybridized carbons (Fsp3) is 0.350. The molecule has 0 fully saturated rings. The van der Waals surface area contributed by atoms with E-state index in [0.29, 0.717) is 12.5 Å². The van der Waals surface area contributed by atoms with Crippen LogP contribution in [0.25, 0.3) is 0 Å².